The van der Waals surface area contributed by atoms with E-state index in [0.717, 1.165) is 5.69 Å². The van der Waals surface area contributed by atoms with Gasteiger partial charge in [-0.1, -0.05) is 0 Å². The van der Waals surface area contributed by atoms with Gasteiger partial charge in [-0.25, -0.2) is 14.8 Å². The second-order valence-electron chi connectivity index (χ2n) is 2.96. The Kier molecular flexibility index (Phi) is 1.90. The summed E-state index contributed by atoms with van der Waals surface area (Å²) in [5.41, 5.74) is 1.35. The molecule has 0 radical (unpaired) electrons. The lowest BCUT2D eigenvalue weighted by atomic mass is 10.3. The molecule has 0 fully saturated rings. The lowest BCUT2D eigenvalue weighted by Gasteiger charge is -1.97. The van der Waals surface area contributed by atoms with Crippen molar-refractivity contribution in [2.75, 3.05) is 0 Å². The SMILES string of the molecule is C#Cc1nc2c(C(=O)O)nccn2c1C. The average molecular weight is 201 g/mol. The van der Waals surface area contributed by atoms with Crippen LogP contribution < -0.4 is 0 Å². The van der Waals surface area contributed by atoms with Gasteiger partial charge in [0, 0.05) is 12.4 Å². The van der Waals surface area contributed by atoms with Crippen LogP contribution in [-0.4, -0.2) is 25.4 Å². The van der Waals surface area contributed by atoms with Gasteiger partial charge in [-0.2, -0.15) is 0 Å². The fourth-order valence-electron chi connectivity index (χ4n) is 1.38. The van der Waals surface area contributed by atoms with Gasteiger partial charge in [0.25, 0.3) is 0 Å². The van der Waals surface area contributed by atoms with Crippen LogP contribution in [0.2, 0.25) is 0 Å². The Morgan fingerprint density at radius 3 is 3.00 bits per heavy atom. The highest BCUT2D eigenvalue weighted by Gasteiger charge is 2.15. The summed E-state index contributed by atoms with van der Waals surface area (Å²) in [6.07, 6.45) is 8.29. The van der Waals surface area contributed by atoms with Crippen molar-refractivity contribution in [3.63, 3.8) is 0 Å². The summed E-state index contributed by atoms with van der Waals surface area (Å²) in [6, 6.07) is 0. The molecule has 0 aliphatic heterocycles. The topological polar surface area (TPSA) is 67.5 Å². The van der Waals surface area contributed by atoms with Gasteiger partial charge in [-0.15, -0.1) is 6.42 Å². The molecule has 15 heavy (non-hydrogen) atoms. The van der Waals surface area contributed by atoms with Crippen LogP contribution in [0.1, 0.15) is 21.9 Å². The van der Waals surface area contributed by atoms with Gasteiger partial charge < -0.3 is 5.11 Å². The Bertz CT molecular complexity index is 592. The molecule has 0 aromatic carbocycles. The Hall–Kier alpha value is -2.35. The van der Waals surface area contributed by atoms with Crippen molar-refractivity contribution in [1.82, 2.24) is 14.4 Å². The zero-order valence-electron chi connectivity index (χ0n) is 7.93. The number of aryl methyl sites for hydroxylation is 1. The number of aromatic carboxylic acids is 1. The Balaban J connectivity index is 2.89. The number of fused-ring (bicyclic) bond motifs is 1. The molecular formula is C10H7N3O2. The number of carboxylic acid groups (broad SMARTS) is 1. The summed E-state index contributed by atoms with van der Waals surface area (Å²) in [7, 11) is 0. The van der Waals surface area contributed by atoms with Crippen molar-refractivity contribution in [2.45, 2.75) is 6.92 Å². The summed E-state index contributed by atoms with van der Waals surface area (Å²) < 4.78 is 1.62. The van der Waals surface area contributed by atoms with E-state index < -0.39 is 5.97 Å². The molecule has 0 amide bonds. The predicted molar refractivity (Wildman–Crippen MR) is 52.6 cm³/mol. The molecule has 0 spiro atoms. The van der Waals surface area contributed by atoms with Gasteiger partial charge in [0.2, 0.25) is 0 Å². The van der Waals surface area contributed by atoms with Gasteiger partial charge >= 0.3 is 5.97 Å². The Morgan fingerprint density at radius 1 is 1.67 bits per heavy atom. The number of carboxylic acids is 1. The maximum atomic E-state index is 10.9. The van der Waals surface area contributed by atoms with Crippen LogP contribution in [0.5, 0.6) is 0 Å². The lowest BCUT2D eigenvalue weighted by Crippen LogP contribution is -2.04. The predicted octanol–water partition coefficient (Wildman–Crippen LogP) is 0.717. The van der Waals surface area contributed by atoms with Crippen LogP contribution in [-0.2, 0) is 0 Å². The van der Waals surface area contributed by atoms with E-state index in [1.807, 2.05) is 0 Å². The zero-order valence-corrected chi connectivity index (χ0v) is 7.93. The van der Waals surface area contributed by atoms with Crippen LogP contribution in [0.25, 0.3) is 5.65 Å². The smallest absolute Gasteiger partial charge is 0.358 e. The van der Waals surface area contributed by atoms with Crippen molar-refractivity contribution in [2.24, 2.45) is 0 Å². The highest BCUT2D eigenvalue weighted by Crippen LogP contribution is 2.12. The number of carbonyl (C=O) groups is 1. The molecule has 1 N–H and O–H groups in total. The number of imidazole rings is 1. The average Bonchev–Trinajstić information content (AvgIpc) is 2.55. The molecule has 0 bridgehead atoms. The third-order valence-electron chi connectivity index (χ3n) is 2.12. The molecular weight excluding hydrogens is 194 g/mol. The van der Waals surface area contributed by atoms with E-state index in [2.05, 4.69) is 15.9 Å². The van der Waals surface area contributed by atoms with Gasteiger partial charge in [0.1, 0.15) is 5.69 Å². The molecule has 2 aromatic heterocycles. The molecule has 0 saturated carbocycles. The fourth-order valence-corrected chi connectivity index (χ4v) is 1.38. The van der Waals surface area contributed by atoms with Gasteiger partial charge in [0.15, 0.2) is 11.3 Å². The van der Waals surface area contributed by atoms with E-state index >= 15 is 0 Å². The van der Waals surface area contributed by atoms with E-state index in [0.29, 0.717) is 5.69 Å². The molecule has 2 rings (SSSR count). The van der Waals surface area contributed by atoms with Crippen LogP contribution in [0.15, 0.2) is 12.4 Å². The highest BCUT2D eigenvalue weighted by molar-refractivity contribution is 5.92. The van der Waals surface area contributed by atoms with Gasteiger partial charge in [-0.3, -0.25) is 4.40 Å². The van der Waals surface area contributed by atoms with Crippen molar-refractivity contribution >= 4 is 11.6 Å². The van der Waals surface area contributed by atoms with Crippen molar-refractivity contribution in [3.05, 3.63) is 29.5 Å². The monoisotopic (exact) mass is 201 g/mol. The van der Waals surface area contributed by atoms with Crippen molar-refractivity contribution in [1.29, 1.82) is 0 Å². The Morgan fingerprint density at radius 2 is 2.40 bits per heavy atom. The van der Waals surface area contributed by atoms with Crippen molar-refractivity contribution in [3.8, 4) is 12.3 Å². The van der Waals surface area contributed by atoms with Gasteiger partial charge in [0.05, 0.1) is 5.69 Å². The summed E-state index contributed by atoms with van der Waals surface area (Å²) in [5, 5.41) is 8.89. The molecule has 0 saturated heterocycles. The van der Waals surface area contributed by atoms with Crippen LogP contribution >= 0.6 is 0 Å². The lowest BCUT2D eigenvalue weighted by molar-refractivity contribution is 0.0692. The van der Waals surface area contributed by atoms with E-state index in [-0.39, 0.29) is 11.3 Å². The second kappa shape index (κ2) is 3.10. The first-order valence-corrected chi connectivity index (χ1v) is 4.18. The molecule has 0 atom stereocenters. The highest BCUT2D eigenvalue weighted by atomic mass is 16.4. The Labute approximate surface area is 85.4 Å². The van der Waals surface area contributed by atoms with E-state index in [9.17, 15) is 4.79 Å². The molecule has 0 aliphatic rings. The first kappa shape index (κ1) is 9.21. The molecule has 2 heterocycles. The third-order valence-corrected chi connectivity index (χ3v) is 2.12. The van der Waals surface area contributed by atoms with Crippen LogP contribution in [0.3, 0.4) is 0 Å². The molecule has 74 valence electrons. The molecule has 5 heteroatoms. The first-order chi connectivity index (χ1) is 7.15. The maximum absolute atomic E-state index is 10.9. The van der Waals surface area contributed by atoms with E-state index in [1.54, 1.807) is 17.5 Å². The zero-order chi connectivity index (χ0) is 11.0. The third kappa shape index (κ3) is 1.23. The first-order valence-electron chi connectivity index (χ1n) is 4.18. The molecule has 5 nitrogen and oxygen atoms in total. The molecule has 0 aliphatic carbocycles. The quantitative estimate of drug-likeness (QED) is 0.690. The summed E-state index contributed by atoms with van der Waals surface area (Å²) in [4.78, 5) is 18.6. The number of terminal acetylenes is 1. The summed E-state index contributed by atoms with van der Waals surface area (Å²) >= 11 is 0. The largest absolute Gasteiger partial charge is 0.476 e. The number of nitrogens with zero attached hydrogens (tertiary/aromatic N) is 3. The van der Waals surface area contributed by atoms with Crippen LogP contribution in [0, 0.1) is 19.3 Å². The van der Waals surface area contributed by atoms with Crippen LogP contribution in [0.4, 0.5) is 0 Å². The number of rotatable bonds is 1. The second-order valence-corrected chi connectivity index (χ2v) is 2.96. The number of aromatic nitrogens is 3. The summed E-state index contributed by atoms with van der Waals surface area (Å²) in [5.74, 6) is 1.28. The minimum absolute atomic E-state index is 0.0953. The maximum Gasteiger partial charge on any atom is 0.358 e. The van der Waals surface area contributed by atoms with E-state index in [4.69, 9.17) is 11.5 Å². The molecule has 2 aromatic rings. The molecule has 0 unspecified atom stereocenters. The van der Waals surface area contributed by atoms with Gasteiger partial charge in [-0.05, 0) is 12.8 Å². The van der Waals surface area contributed by atoms with Crippen molar-refractivity contribution < 1.29 is 9.90 Å². The minimum Gasteiger partial charge on any atom is -0.476 e. The fraction of sp³-hybridized carbons (Fsp3) is 0.100. The number of hydrogen-bond donors (Lipinski definition) is 1. The normalized spacial score (nSPS) is 10.1. The number of hydrogen-bond acceptors (Lipinski definition) is 3. The minimum atomic E-state index is -1.12. The standard InChI is InChI=1S/C10H7N3O2/c1-3-7-6(2)13-5-4-11-8(10(14)15)9(13)12-7/h1,4-5H,2H3,(H,14,15). The van der Waals surface area contributed by atoms with E-state index in [1.165, 1.54) is 6.20 Å². The summed E-state index contributed by atoms with van der Waals surface area (Å²) in [6.45, 7) is 1.78.